The van der Waals surface area contributed by atoms with E-state index in [0.717, 1.165) is 33.0 Å². The summed E-state index contributed by atoms with van der Waals surface area (Å²) in [6.07, 6.45) is 1.59. The highest BCUT2D eigenvalue weighted by molar-refractivity contribution is 6.30. The SMILES string of the molecule is CC(C)[C@@H](NC(=O)C(c1ccccc1)c1ccccc1)C(=O)N/N=C\c1c(OCc2ccc(Cl)cc2)ccc2ccccc12. The zero-order valence-electron chi connectivity index (χ0n) is 24.6. The number of fused-ring (bicyclic) bond motifs is 1. The normalized spacial score (nSPS) is 12.0. The topological polar surface area (TPSA) is 79.8 Å². The number of nitrogens with one attached hydrogen (secondary N) is 2. The molecule has 0 radical (unpaired) electrons. The van der Waals surface area contributed by atoms with Crippen molar-refractivity contribution in [1.29, 1.82) is 0 Å². The van der Waals surface area contributed by atoms with E-state index in [9.17, 15) is 9.59 Å². The van der Waals surface area contributed by atoms with E-state index in [1.54, 1.807) is 6.21 Å². The summed E-state index contributed by atoms with van der Waals surface area (Å²) >= 11 is 6.03. The number of carbonyl (C=O) groups excluding carboxylic acids is 2. The molecule has 5 rings (SSSR count). The number of halogens is 1. The largest absolute Gasteiger partial charge is 0.488 e. The molecule has 2 amide bonds. The van der Waals surface area contributed by atoms with Crippen LogP contribution in [-0.2, 0) is 16.2 Å². The lowest BCUT2D eigenvalue weighted by Gasteiger charge is -2.24. The second kappa shape index (κ2) is 14.5. The van der Waals surface area contributed by atoms with Crippen LogP contribution in [0.1, 0.15) is 42.0 Å². The molecule has 0 aliphatic carbocycles. The Bertz CT molecular complexity index is 1700. The zero-order valence-corrected chi connectivity index (χ0v) is 25.4. The molecule has 2 N–H and O–H groups in total. The molecule has 222 valence electrons. The molecule has 0 aliphatic heterocycles. The number of hydrazone groups is 1. The molecule has 0 heterocycles. The Morgan fingerprint density at radius 1 is 0.773 bits per heavy atom. The number of rotatable bonds is 11. The van der Waals surface area contributed by atoms with Gasteiger partial charge in [-0.25, -0.2) is 5.43 Å². The molecule has 5 aromatic carbocycles. The molecule has 0 fully saturated rings. The summed E-state index contributed by atoms with van der Waals surface area (Å²) in [4.78, 5) is 27.1. The van der Waals surface area contributed by atoms with Gasteiger partial charge in [0.05, 0.1) is 12.1 Å². The molecule has 0 bridgehead atoms. The molecule has 0 aromatic heterocycles. The van der Waals surface area contributed by atoms with Crippen LogP contribution in [0, 0.1) is 5.92 Å². The van der Waals surface area contributed by atoms with Gasteiger partial charge in [-0.2, -0.15) is 5.10 Å². The summed E-state index contributed by atoms with van der Waals surface area (Å²) < 4.78 is 6.17. The lowest BCUT2D eigenvalue weighted by Crippen LogP contribution is -2.50. The average Bonchev–Trinajstić information content (AvgIpc) is 3.04. The lowest BCUT2D eigenvalue weighted by atomic mass is 9.89. The molecule has 0 aliphatic rings. The van der Waals surface area contributed by atoms with Crippen LogP contribution in [0.3, 0.4) is 0 Å². The van der Waals surface area contributed by atoms with Gasteiger partial charge in [0.25, 0.3) is 5.91 Å². The third-order valence-electron chi connectivity index (χ3n) is 7.38. The first-order valence-corrected chi connectivity index (χ1v) is 14.9. The minimum atomic E-state index is -0.803. The lowest BCUT2D eigenvalue weighted by molar-refractivity contribution is -0.130. The minimum absolute atomic E-state index is 0.183. The molecule has 44 heavy (non-hydrogen) atoms. The van der Waals surface area contributed by atoms with Crippen molar-refractivity contribution in [2.75, 3.05) is 0 Å². The molecule has 6 nitrogen and oxygen atoms in total. The fourth-order valence-corrected chi connectivity index (χ4v) is 5.19. The third kappa shape index (κ3) is 7.52. The standard InChI is InChI=1S/C37H34ClN3O3/c1-25(2)35(40-36(42)34(28-12-5-3-6-13-28)29-14-7-4-8-15-29)37(43)41-39-23-32-31-16-10-9-11-27(31)19-22-33(32)44-24-26-17-20-30(38)21-18-26/h3-23,25,34-35H,24H2,1-2H3,(H,40,42)(H,41,43)/b39-23-/t35-/m1/s1. The van der Waals surface area contributed by atoms with E-state index in [1.165, 1.54) is 0 Å². The zero-order chi connectivity index (χ0) is 30.9. The van der Waals surface area contributed by atoms with E-state index in [2.05, 4.69) is 15.8 Å². The van der Waals surface area contributed by atoms with Crippen LogP contribution in [-0.4, -0.2) is 24.1 Å². The second-order valence-electron chi connectivity index (χ2n) is 10.8. The van der Waals surface area contributed by atoms with Crippen molar-refractivity contribution < 1.29 is 14.3 Å². The maximum Gasteiger partial charge on any atom is 0.262 e. The van der Waals surface area contributed by atoms with Gasteiger partial charge < -0.3 is 10.1 Å². The fraction of sp³-hybridized carbons (Fsp3) is 0.162. The molecule has 7 heteroatoms. The Morgan fingerprint density at radius 2 is 1.39 bits per heavy atom. The van der Waals surface area contributed by atoms with Crippen molar-refractivity contribution in [1.82, 2.24) is 10.7 Å². The van der Waals surface area contributed by atoms with Gasteiger partial charge in [-0.1, -0.05) is 129 Å². The minimum Gasteiger partial charge on any atom is -0.488 e. The van der Waals surface area contributed by atoms with Crippen molar-refractivity contribution in [3.8, 4) is 5.75 Å². The third-order valence-corrected chi connectivity index (χ3v) is 7.63. The number of carbonyl (C=O) groups is 2. The molecule has 0 saturated carbocycles. The Morgan fingerprint density at radius 3 is 2.02 bits per heavy atom. The van der Waals surface area contributed by atoms with Crippen LogP contribution < -0.4 is 15.5 Å². The van der Waals surface area contributed by atoms with Crippen LogP contribution in [0.5, 0.6) is 5.75 Å². The highest BCUT2D eigenvalue weighted by atomic mass is 35.5. The maximum absolute atomic E-state index is 13.7. The summed E-state index contributed by atoms with van der Waals surface area (Å²) in [6, 6.07) is 37.6. The van der Waals surface area contributed by atoms with E-state index in [-0.39, 0.29) is 11.8 Å². The Labute approximate surface area is 262 Å². The van der Waals surface area contributed by atoms with E-state index in [4.69, 9.17) is 16.3 Å². The highest BCUT2D eigenvalue weighted by Crippen LogP contribution is 2.28. The van der Waals surface area contributed by atoms with E-state index < -0.39 is 17.9 Å². The molecule has 0 spiro atoms. The van der Waals surface area contributed by atoms with Gasteiger partial charge in [0, 0.05) is 10.6 Å². The van der Waals surface area contributed by atoms with Crippen LogP contribution in [0.25, 0.3) is 10.8 Å². The molecule has 5 aromatic rings. The molecule has 0 unspecified atom stereocenters. The number of hydrogen-bond donors (Lipinski definition) is 2. The Balaban J connectivity index is 1.34. The van der Waals surface area contributed by atoms with Crippen molar-refractivity contribution in [3.05, 3.63) is 149 Å². The van der Waals surface area contributed by atoms with Crippen molar-refractivity contribution >= 4 is 40.4 Å². The van der Waals surface area contributed by atoms with E-state index in [0.29, 0.717) is 17.4 Å². The molecule has 1 atom stereocenters. The number of benzene rings is 5. The van der Waals surface area contributed by atoms with Gasteiger partial charge in [-0.3, -0.25) is 9.59 Å². The first kappa shape index (κ1) is 30.5. The quantitative estimate of drug-likeness (QED) is 0.121. The van der Waals surface area contributed by atoms with Gasteiger partial charge in [0.15, 0.2) is 0 Å². The smallest absolute Gasteiger partial charge is 0.262 e. The van der Waals surface area contributed by atoms with Gasteiger partial charge in [-0.05, 0) is 51.6 Å². The number of hydrogen-bond acceptors (Lipinski definition) is 4. The summed E-state index contributed by atoms with van der Waals surface area (Å²) in [7, 11) is 0. The van der Waals surface area contributed by atoms with Crippen LogP contribution in [0.4, 0.5) is 0 Å². The summed E-state index contributed by atoms with van der Waals surface area (Å²) in [5.41, 5.74) is 6.05. The van der Waals surface area contributed by atoms with Gasteiger partial charge in [0.1, 0.15) is 18.4 Å². The molecular formula is C37H34ClN3O3. The second-order valence-corrected chi connectivity index (χ2v) is 11.3. The van der Waals surface area contributed by atoms with Crippen molar-refractivity contribution in [2.24, 2.45) is 11.0 Å². The summed E-state index contributed by atoms with van der Waals surface area (Å²) in [5.74, 6) is -0.789. The van der Waals surface area contributed by atoms with Crippen molar-refractivity contribution in [2.45, 2.75) is 32.4 Å². The van der Waals surface area contributed by atoms with E-state index >= 15 is 0 Å². The van der Waals surface area contributed by atoms with Crippen molar-refractivity contribution in [3.63, 3.8) is 0 Å². The summed E-state index contributed by atoms with van der Waals surface area (Å²) in [5, 5.41) is 9.91. The van der Waals surface area contributed by atoms with Crippen LogP contribution >= 0.6 is 11.6 Å². The van der Waals surface area contributed by atoms with Gasteiger partial charge >= 0.3 is 0 Å². The fourth-order valence-electron chi connectivity index (χ4n) is 5.06. The predicted octanol–water partition coefficient (Wildman–Crippen LogP) is 7.50. The number of amides is 2. The van der Waals surface area contributed by atoms with Crippen LogP contribution in [0.2, 0.25) is 5.02 Å². The number of nitrogens with zero attached hydrogens (tertiary/aromatic N) is 1. The predicted molar refractivity (Wildman–Crippen MR) is 177 cm³/mol. The Kier molecular flexibility index (Phi) is 10.1. The maximum atomic E-state index is 13.7. The average molecular weight is 604 g/mol. The number of ether oxygens (including phenoxy) is 1. The first-order valence-electron chi connectivity index (χ1n) is 14.5. The molecule has 0 saturated heterocycles. The van der Waals surface area contributed by atoms with Gasteiger partial charge in [-0.15, -0.1) is 0 Å². The van der Waals surface area contributed by atoms with E-state index in [1.807, 2.05) is 135 Å². The van der Waals surface area contributed by atoms with Crippen LogP contribution in [0.15, 0.2) is 126 Å². The van der Waals surface area contributed by atoms with Gasteiger partial charge in [0.2, 0.25) is 5.91 Å². The highest BCUT2D eigenvalue weighted by Gasteiger charge is 2.29. The Hall–Kier alpha value is -4.94. The molecular weight excluding hydrogens is 570 g/mol. The monoisotopic (exact) mass is 603 g/mol. The summed E-state index contributed by atoms with van der Waals surface area (Å²) in [6.45, 7) is 4.12. The first-order chi connectivity index (χ1) is 21.4.